The van der Waals surface area contributed by atoms with Crippen molar-refractivity contribution < 1.29 is 0 Å². The van der Waals surface area contributed by atoms with Crippen LogP contribution < -0.4 is 11.1 Å². The van der Waals surface area contributed by atoms with E-state index in [1.165, 1.54) is 5.56 Å². The Labute approximate surface area is 125 Å². The molecule has 0 unspecified atom stereocenters. The molecule has 2 rings (SSSR count). The minimum absolute atomic E-state index is 0.312. The number of hydrogen-bond donors (Lipinski definition) is 2. The SMILES string of the molecule is Cc1cc(C)nc(NC(N)=NC[C@H](C)c2ccccc2)n1. The lowest BCUT2D eigenvalue weighted by Crippen LogP contribution is -2.25. The summed E-state index contributed by atoms with van der Waals surface area (Å²) in [6.07, 6.45) is 0. The number of guanidine groups is 1. The fraction of sp³-hybridized carbons (Fsp3) is 0.312. The van der Waals surface area contributed by atoms with Crippen molar-refractivity contribution in [2.75, 3.05) is 11.9 Å². The van der Waals surface area contributed by atoms with Crippen LogP contribution in [0, 0.1) is 13.8 Å². The van der Waals surface area contributed by atoms with Crippen molar-refractivity contribution in [3.63, 3.8) is 0 Å². The van der Waals surface area contributed by atoms with E-state index in [4.69, 9.17) is 5.73 Å². The highest BCUT2D eigenvalue weighted by atomic mass is 15.2. The van der Waals surface area contributed by atoms with Crippen molar-refractivity contribution in [3.05, 3.63) is 53.3 Å². The molecule has 0 bridgehead atoms. The first-order valence-corrected chi connectivity index (χ1v) is 6.99. The quantitative estimate of drug-likeness (QED) is 0.668. The van der Waals surface area contributed by atoms with Crippen LogP contribution in [-0.2, 0) is 0 Å². The Balaban J connectivity index is 1.98. The van der Waals surface area contributed by atoms with Gasteiger partial charge in [0.1, 0.15) is 0 Å². The summed E-state index contributed by atoms with van der Waals surface area (Å²) >= 11 is 0. The van der Waals surface area contributed by atoms with Crippen molar-refractivity contribution in [1.29, 1.82) is 0 Å². The van der Waals surface area contributed by atoms with Gasteiger partial charge in [-0.05, 0) is 25.5 Å². The Kier molecular flexibility index (Phi) is 4.87. The van der Waals surface area contributed by atoms with Crippen molar-refractivity contribution in [3.8, 4) is 0 Å². The number of nitrogens with one attached hydrogen (secondary N) is 1. The summed E-state index contributed by atoms with van der Waals surface area (Å²) in [7, 11) is 0. The predicted octanol–water partition coefficient (Wildman–Crippen LogP) is 2.62. The molecule has 5 nitrogen and oxygen atoms in total. The van der Waals surface area contributed by atoms with E-state index in [0.717, 1.165) is 11.4 Å². The van der Waals surface area contributed by atoms with Crippen molar-refractivity contribution in [2.24, 2.45) is 10.7 Å². The standard InChI is InChI=1S/C16H21N5/c1-11(14-7-5-4-6-8-14)10-18-15(17)21-16-19-12(2)9-13(3)20-16/h4-9,11H,10H2,1-3H3,(H3,17,18,19,20,21)/t11-/m0/s1. The highest BCUT2D eigenvalue weighted by Crippen LogP contribution is 2.14. The van der Waals surface area contributed by atoms with E-state index in [0.29, 0.717) is 24.4 Å². The van der Waals surface area contributed by atoms with Gasteiger partial charge in [0.2, 0.25) is 5.95 Å². The van der Waals surface area contributed by atoms with Crippen LogP contribution in [0.25, 0.3) is 0 Å². The van der Waals surface area contributed by atoms with Crippen LogP contribution in [-0.4, -0.2) is 22.5 Å². The summed E-state index contributed by atoms with van der Waals surface area (Å²) in [4.78, 5) is 12.9. The largest absolute Gasteiger partial charge is 0.370 e. The van der Waals surface area contributed by atoms with Gasteiger partial charge in [0.05, 0.1) is 0 Å². The maximum atomic E-state index is 5.89. The van der Waals surface area contributed by atoms with Crippen LogP contribution in [0.3, 0.4) is 0 Å². The average molecular weight is 283 g/mol. The first-order valence-electron chi connectivity index (χ1n) is 6.99. The van der Waals surface area contributed by atoms with Gasteiger partial charge in [-0.3, -0.25) is 10.3 Å². The summed E-state index contributed by atoms with van der Waals surface area (Å²) in [5.74, 6) is 1.13. The van der Waals surface area contributed by atoms with Gasteiger partial charge >= 0.3 is 0 Å². The second-order valence-electron chi connectivity index (χ2n) is 5.14. The number of hydrogen-bond acceptors (Lipinski definition) is 3. The molecule has 0 spiro atoms. The summed E-state index contributed by atoms with van der Waals surface area (Å²) in [5.41, 5.74) is 8.94. The summed E-state index contributed by atoms with van der Waals surface area (Å²) < 4.78 is 0. The van der Waals surface area contributed by atoms with Gasteiger partial charge in [0.25, 0.3) is 0 Å². The zero-order valence-corrected chi connectivity index (χ0v) is 12.7. The highest BCUT2D eigenvalue weighted by molar-refractivity contribution is 5.90. The number of rotatable bonds is 4. The maximum Gasteiger partial charge on any atom is 0.229 e. The lowest BCUT2D eigenvalue weighted by Gasteiger charge is -2.10. The molecule has 0 radical (unpaired) electrons. The molecule has 0 saturated carbocycles. The molecule has 0 saturated heterocycles. The smallest absolute Gasteiger partial charge is 0.229 e. The molecule has 0 fully saturated rings. The molecular formula is C16H21N5. The summed E-state index contributed by atoms with van der Waals surface area (Å²) in [6, 6.07) is 12.2. The average Bonchev–Trinajstić information content (AvgIpc) is 2.44. The van der Waals surface area contributed by atoms with E-state index in [9.17, 15) is 0 Å². The molecule has 110 valence electrons. The number of aryl methyl sites for hydroxylation is 2. The number of aliphatic imine (C=N–C) groups is 1. The summed E-state index contributed by atoms with van der Waals surface area (Å²) in [6.45, 7) is 6.59. The second-order valence-corrected chi connectivity index (χ2v) is 5.14. The normalized spacial score (nSPS) is 13.0. The molecule has 1 atom stereocenters. The molecule has 5 heteroatoms. The maximum absolute atomic E-state index is 5.89. The van der Waals surface area contributed by atoms with Gasteiger partial charge in [0, 0.05) is 23.9 Å². The molecule has 1 aromatic carbocycles. The fourth-order valence-electron chi connectivity index (χ4n) is 2.06. The van der Waals surface area contributed by atoms with Crippen LogP contribution >= 0.6 is 0 Å². The van der Waals surface area contributed by atoms with Crippen LogP contribution in [0.4, 0.5) is 5.95 Å². The molecule has 0 amide bonds. The lowest BCUT2D eigenvalue weighted by molar-refractivity contribution is 0.774. The van der Waals surface area contributed by atoms with Gasteiger partial charge in [-0.25, -0.2) is 9.97 Å². The molecule has 0 aliphatic carbocycles. The Morgan fingerprint density at radius 3 is 2.43 bits per heavy atom. The zero-order valence-electron chi connectivity index (χ0n) is 12.7. The van der Waals surface area contributed by atoms with Crippen LogP contribution in [0.1, 0.15) is 29.8 Å². The lowest BCUT2D eigenvalue weighted by atomic mass is 10.0. The fourth-order valence-corrected chi connectivity index (χ4v) is 2.06. The molecule has 0 aliphatic heterocycles. The van der Waals surface area contributed by atoms with Crippen molar-refractivity contribution >= 4 is 11.9 Å². The van der Waals surface area contributed by atoms with E-state index in [1.54, 1.807) is 0 Å². The Bertz CT molecular complexity index is 602. The van der Waals surface area contributed by atoms with E-state index >= 15 is 0 Å². The molecule has 0 aliphatic rings. The van der Waals surface area contributed by atoms with E-state index in [-0.39, 0.29) is 0 Å². The highest BCUT2D eigenvalue weighted by Gasteiger charge is 2.05. The van der Waals surface area contributed by atoms with E-state index < -0.39 is 0 Å². The Hall–Kier alpha value is -2.43. The van der Waals surface area contributed by atoms with Gasteiger partial charge in [-0.2, -0.15) is 0 Å². The predicted molar refractivity (Wildman–Crippen MR) is 86.5 cm³/mol. The van der Waals surface area contributed by atoms with E-state index in [1.807, 2.05) is 38.1 Å². The Morgan fingerprint density at radius 1 is 1.19 bits per heavy atom. The second kappa shape index (κ2) is 6.83. The first kappa shape index (κ1) is 15.0. The molecule has 3 N–H and O–H groups in total. The van der Waals surface area contributed by atoms with Crippen LogP contribution in [0.15, 0.2) is 41.4 Å². The third-order valence-corrected chi connectivity index (χ3v) is 3.13. The monoisotopic (exact) mass is 283 g/mol. The molecule has 2 aromatic rings. The number of nitrogens with zero attached hydrogens (tertiary/aromatic N) is 3. The third-order valence-electron chi connectivity index (χ3n) is 3.13. The third kappa shape index (κ3) is 4.56. The molecule has 1 heterocycles. The molecular weight excluding hydrogens is 262 g/mol. The van der Waals surface area contributed by atoms with Crippen molar-refractivity contribution in [1.82, 2.24) is 9.97 Å². The minimum Gasteiger partial charge on any atom is -0.370 e. The van der Waals surface area contributed by atoms with Gasteiger partial charge in [-0.1, -0.05) is 37.3 Å². The van der Waals surface area contributed by atoms with E-state index in [2.05, 4.69) is 39.3 Å². The topological polar surface area (TPSA) is 76.2 Å². The number of benzene rings is 1. The summed E-state index contributed by atoms with van der Waals surface area (Å²) in [5, 5.41) is 2.94. The van der Waals surface area contributed by atoms with Crippen LogP contribution in [0.2, 0.25) is 0 Å². The number of aromatic nitrogens is 2. The van der Waals surface area contributed by atoms with Gasteiger partial charge in [0.15, 0.2) is 5.96 Å². The van der Waals surface area contributed by atoms with Crippen molar-refractivity contribution in [2.45, 2.75) is 26.7 Å². The van der Waals surface area contributed by atoms with Gasteiger partial charge < -0.3 is 5.73 Å². The molecule has 1 aromatic heterocycles. The van der Waals surface area contributed by atoms with Crippen LogP contribution in [0.5, 0.6) is 0 Å². The Morgan fingerprint density at radius 2 is 1.81 bits per heavy atom. The number of anilines is 1. The van der Waals surface area contributed by atoms with Gasteiger partial charge in [-0.15, -0.1) is 0 Å². The molecule has 21 heavy (non-hydrogen) atoms. The first-order chi connectivity index (χ1) is 10.0. The number of nitrogens with two attached hydrogens (primary N) is 1. The minimum atomic E-state index is 0.312. The zero-order chi connectivity index (χ0) is 15.2.